The monoisotopic (exact) mass is 531 g/mol. The third kappa shape index (κ3) is 4.29. The molecule has 9 heteroatoms. The van der Waals surface area contributed by atoms with Crippen LogP contribution in [0.5, 0.6) is 0 Å². The molecule has 0 spiro atoms. The number of hydrogen-bond donors (Lipinski definition) is 1. The predicted octanol–water partition coefficient (Wildman–Crippen LogP) is 4.62. The number of likely N-dealkylation sites (tertiary alicyclic amines) is 1. The van der Waals surface area contributed by atoms with Gasteiger partial charge in [-0.05, 0) is 91.3 Å². The van der Waals surface area contributed by atoms with Gasteiger partial charge in [0.05, 0.1) is 12.0 Å². The Kier molecular flexibility index (Phi) is 6.46. The zero-order valence-corrected chi connectivity index (χ0v) is 23.6. The number of aryl methyl sites for hydroxylation is 1. The Morgan fingerprint density at radius 2 is 1.97 bits per heavy atom. The number of carbonyl (C=O) groups is 1. The number of piperidine rings is 1. The van der Waals surface area contributed by atoms with Gasteiger partial charge >= 0.3 is 0 Å². The van der Waals surface area contributed by atoms with E-state index in [0.29, 0.717) is 24.1 Å². The number of anilines is 2. The van der Waals surface area contributed by atoms with Crippen LogP contribution in [0.2, 0.25) is 0 Å². The molecule has 8 nitrogen and oxygen atoms in total. The van der Waals surface area contributed by atoms with Crippen LogP contribution in [-0.4, -0.2) is 49.9 Å². The fourth-order valence-corrected chi connectivity index (χ4v) is 7.61. The van der Waals surface area contributed by atoms with Crippen molar-refractivity contribution in [3.05, 3.63) is 58.7 Å². The summed E-state index contributed by atoms with van der Waals surface area (Å²) in [6, 6.07) is 8.38. The number of thioether (sulfide) groups is 1. The van der Waals surface area contributed by atoms with Crippen LogP contribution >= 0.6 is 11.8 Å². The second-order valence-electron chi connectivity index (χ2n) is 11.7. The van der Waals surface area contributed by atoms with Gasteiger partial charge in [-0.1, -0.05) is 13.8 Å². The number of nitrogens with zero attached hydrogens (tertiary/aromatic N) is 6. The van der Waals surface area contributed by atoms with Crippen molar-refractivity contribution in [3.63, 3.8) is 0 Å². The van der Waals surface area contributed by atoms with E-state index in [-0.39, 0.29) is 11.3 Å². The standard InChI is InChI=1S/C29H37N7OS/c1-18-6-5-7-35(14-18)15-20-8-22-23(24(9-20)38-4)16-36(27(22)37)26-11-21(10-25(30)32-26)29(12-19(2)13-29)28-33-31-17-34(28)3/h8-11,17-19H,5-7,12-16H2,1-4H3,(H2,30,32)/t18-,19-,29+/m0/s1. The van der Waals surface area contributed by atoms with Crippen LogP contribution in [0.1, 0.15) is 72.4 Å². The molecular formula is C29H37N7OS. The summed E-state index contributed by atoms with van der Waals surface area (Å²) in [5, 5.41) is 8.62. The van der Waals surface area contributed by atoms with Gasteiger partial charge in [0, 0.05) is 30.6 Å². The van der Waals surface area contributed by atoms with Gasteiger partial charge in [-0.3, -0.25) is 14.6 Å². The molecule has 0 unspecified atom stereocenters. The average molecular weight is 532 g/mol. The van der Waals surface area contributed by atoms with Gasteiger partial charge in [-0.25, -0.2) is 4.98 Å². The molecule has 1 amide bonds. The summed E-state index contributed by atoms with van der Waals surface area (Å²) in [6.45, 7) is 8.22. The molecule has 2 N–H and O–H groups in total. The normalized spacial score (nSPS) is 25.5. The van der Waals surface area contributed by atoms with Crippen molar-refractivity contribution >= 4 is 29.3 Å². The minimum Gasteiger partial charge on any atom is -0.384 e. The number of nitrogen functional groups attached to an aromatic ring is 1. The molecule has 3 aromatic rings. The van der Waals surface area contributed by atoms with Crippen molar-refractivity contribution < 1.29 is 4.79 Å². The Bertz CT molecular complexity index is 1380. The lowest BCUT2D eigenvalue weighted by Gasteiger charge is -2.46. The van der Waals surface area contributed by atoms with Crippen LogP contribution in [0.15, 0.2) is 35.5 Å². The molecule has 0 bridgehead atoms. The number of hydrogen-bond acceptors (Lipinski definition) is 7. The highest BCUT2D eigenvalue weighted by molar-refractivity contribution is 7.98. The number of fused-ring (bicyclic) bond motifs is 1. The Morgan fingerprint density at radius 3 is 2.66 bits per heavy atom. The lowest BCUT2D eigenvalue weighted by atomic mass is 9.58. The molecule has 3 aliphatic rings. The van der Waals surface area contributed by atoms with Crippen LogP contribution in [0.3, 0.4) is 0 Å². The summed E-state index contributed by atoms with van der Waals surface area (Å²) < 4.78 is 1.99. The fraction of sp³-hybridized carbons (Fsp3) is 0.517. The van der Waals surface area contributed by atoms with Crippen molar-refractivity contribution in [1.29, 1.82) is 0 Å². The first kappa shape index (κ1) is 25.4. The third-order valence-corrected chi connectivity index (χ3v) is 9.43. The number of rotatable bonds is 6. The molecule has 1 aliphatic carbocycles. The average Bonchev–Trinajstić information content (AvgIpc) is 3.44. The minimum atomic E-state index is -0.269. The molecule has 1 aromatic carbocycles. The molecular weight excluding hydrogens is 494 g/mol. The molecule has 2 fully saturated rings. The summed E-state index contributed by atoms with van der Waals surface area (Å²) in [5.74, 6) is 3.27. The SMILES string of the molecule is CSc1cc(CN2CCC[C@H](C)C2)cc2c1CN(c1cc([C@]3(c4nncn4C)C[C@@H](C)C3)cc(N)n1)C2=O. The Balaban J connectivity index is 1.33. The minimum absolute atomic E-state index is 0.00268. The quantitative estimate of drug-likeness (QED) is 0.464. The maximum atomic E-state index is 13.8. The summed E-state index contributed by atoms with van der Waals surface area (Å²) in [7, 11) is 1.98. The summed E-state index contributed by atoms with van der Waals surface area (Å²) >= 11 is 1.71. The Labute approximate surface area is 229 Å². The highest BCUT2D eigenvalue weighted by atomic mass is 32.2. The molecule has 2 aromatic heterocycles. The van der Waals surface area contributed by atoms with E-state index in [1.54, 1.807) is 23.0 Å². The molecule has 1 atom stereocenters. The van der Waals surface area contributed by atoms with Crippen LogP contribution in [0, 0.1) is 11.8 Å². The highest BCUT2D eigenvalue weighted by Gasteiger charge is 2.48. The largest absolute Gasteiger partial charge is 0.384 e. The third-order valence-electron chi connectivity index (χ3n) is 8.62. The molecule has 38 heavy (non-hydrogen) atoms. The topological polar surface area (TPSA) is 93.2 Å². The smallest absolute Gasteiger partial charge is 0.260 e. The first-order valence-corrected chi connectivity index (χ1v) is 14.9. The number of nitrogens with two attached hydrogens (primary N) is 1. The van der Waals surface area contributed by atoms with Crippen LogP contribution in [-0.2, 0) is 25.6 Å². The van der Waals surface area contributed by atoms with E-state index in [1.807, 2.05) is 17.7 Å². The van der Waals surface area contributed by atoms with Gasteiger partial charge in [-0.2, -0.15) is 0 Å². The summed E-state index contributed by atoms with van der Waals surface area (Å²) in [6.07, 6.45) is 8.31. The highest BCUT2D eigenvalue weighted by Crippen LogP contribution is 2.52. The van der Waals surface area contributed by atoms with Crippen molar-refractivity contribution in [2.24, 2.45) is 18.9 Å². The molecule has 1 saturated heterocycles. The van der Waals surface area contributed by atoms with E-state index in [4.69, 9.17) is 5.73 Å². The van der Waals surface area contributed by atoms with Crippen LogP contribution in [0.25, 0.3) is 0 Å². The fourth-order valence-electron chi connectivity index (χ4n) is 6.92. The van der Waals surface area contributed by atoms with Crippen LogP contribution in [0.4, 0.5) is 11.6 Å². The van der Waals surface area contributed by atoms with Crippen LogP contribution < -0.4 is 10.6 Å². The number of benzene rings is 1. The zero-order valence-electron chi connectivity index (χ0n) is 22.8. The lowest BCUT2D eigenvalue weighted by Crippen LogP contribution is -2.43. The summed E-state index contributed by atoms with van der Waals surface area (Å²) in [5.41, 5.74) is 10.3. The van der Waals surface area contributed by atoms with E-state index in [9.17, 15) is 4.79 Å². The number of amides is 1. The lowest BCUT2D eigenvalue weighted by molar-refractivity contribution is 0.0995. The number of carbonyl (C=O) groups excluding carboxylic acids is 1. The Morgan fingerprint density at radius 1 is 1.16 bits per heavy atom. The van der Waals surface area contributed by atoms with Gasteiger partial charge in [0.15, 0.2) is 0 Å². The van der Waals surface area contributed by atoms with E-state index in [1.165, 1.54) is 23.3 Å². The van der Waals surface area contributed by atoms with Gasteiger partial charge in [0.2, 0.25) is 0 Å². The maximum absolute atomic E-state index is 13.8. The molecule has 2 aliphatic heterocycles. The zero-order chi connectivity index (χ0) is 26.6. The molecule has 0 radical (unpaired) electrons. The van der Waals surface area contributed by atoms with Gasteiger partial charge in [-0.15, -0.1) is 22.0 Å². The molecule has 1 saturated carbocycles. The molecule has 200 valence electrons. The second kappa shape index (κ2) is 9.68. The molecule has 6 rings (SSSR count). The second-order valence-corrected chi connectivity index (χ2v) is 12.5. The van der Waals surface area contributed by atoms with Crippen molar-refractivity contribution in [3.8, 4) is 0 Å². The van der Waals surface area contributed by atoms with Crippen molar-refractivity contribution in [2.45, 2.75) is 62.9 Å². The first-order chi connectivity index (χ1) is 18.3. The molecule has 4 heterocycles. The van der Waals surface area contributed by atoms with Gasteiger partial charge in [0.25, 0.3) is 5.91 Å². The van der Waals surface area contributed by atoms with Gasteiger partial charge < -0.3 is 10.3 Å². The first-order valence-electron chi connectivity index (χ1n) is 13.6. The predicted molar refractivity (Wildman–Crippen MR) is 151 cm³/mol. The van der Waals surface area contributed by atoms with Gasteiger partial charge in [0.1, 0.15) is 23.8 Å². The van der Waals surface area contributed by atoms with E-state index < -0.39 is 0 Å². The number of pyridine rings is 1. The van der Waals surface area contributed by atoms with E-state index in [0.717, 1.165) is 60.9 Å². The van der Waals surface area contributed by atoms with E-state index in [2.05, 4.69) is 58.4 Å². The number of aromatic nitrogens is 4. The summed E-state index contributed by atoms with van der Waals surface area (Å²) in [4.78, 5) is 24.0. The van der Waals surface area contributed by atoms with Crippen molar-refractivity contribution in [1.82, 2.24) is 24.6 Å². The van der Waals surface area contributed by atoms with E-state index >= 15 is 0 Å². The maximum Gasteiger partial charge on any atom is 0.260 e. The van der Waals surface area contributed by atoms with Crippen molar-refractivity contribution in [2.75, 3.05) is 30.0 Å². The Hall–Kier alpha value is -2.91.